The van der Waals surface area contributed by atoms with Gasteiger partial charge in [-0.2, -0.15) is 0 Å². The van der Waals surface area contributed by atoms with E-state index in [2.05, 4.69) is 0 Å². The summed E-state index contributed by atoms with van der Waals surface area (Å²) in [4.78, 5) is 14.0. The summed E-state index contributed by atoms with van der Waals surface area (Å²) in [6.07, 6.45) is 0. The molecule has 1 amide bonds. The highest BCUT2D eigenvalue weighted by Gasteiger charge is 2.22. The molecule has 0 saturated heterocycles. The average Bonchev–Trinajstić information content (AvgIpc) is 2.57. The molecule has 2 rings (SSSR count). The van der Waals surface area contributed by atoms with E-state index in [1.807, 2.05) is 0 Å². The van der Waals surface area contributed by atoms with Crippen LogP contribution in [0.3, 0.4) is 0 Å². The van der Waals surface area contributed by atoms with Crippen LogP contribution in [0, 0.1) is 12.7 Å². The summed E-state index contributed by atoms with van der Waals surface area (Å²) in [6, 6.07) is 10.9. The molecule has 0 aliphatic carbocycles. The number of likely N-dealkylation sites (N-methyl/N-ethyl adjacent to an activating group) is 1. The number of nitrogens with zero attached hydrogens (tertiary/aromatic N) is 1. The molecule has 0 aliphatic rings. The van der Waals surface area contributed by atoms with Crippen LogP contribution >= 0.6 is 0 Å². The lowest BCUT2D eigenvalue weighted by molar-refractivity contribution is 0.0658. The summed E-state index contributed by atoms with van der Waals surface area (Å²) in [5, 5.41) is 9.69. The Morgan fingerprint density at radius 2 is 1.91 bits per heavy atom. The lowest BCUT2D eigenvalue weighted by atomic mass is 10.0. The summed E-state index contributed by atoms with van der Waals surface area (Å²) in [5.41, 5.74) is 1.59. The number of ether oxygens (including phenoxy) is 1. The van der Waals surface area contributed by atoms with Crippen LogP contribution in [-0.2, 0) is 0 Å². The van der Waals surface area contributed by atoms with Gasteiger partial charge in [-0.3, -0.25) is 4.79 Å². The summed E-state index contributed by atoms with van der Waals surface area (Å²) in [7, 11) is 3.19. The first-order chi connectivity index (χ1) is 11.0. The Labute approximate surface area is 135 Å². The Balaban J connectivity index is 2.25. The minimum atomic E-state index is -0.487. The van der Waals surface area contributed by atoms with E-state index in [0.717, 1.165) is 5.56 Å². The molecule has 0 spiro atoms. The molecule has 0 saturated carbocycles. The molecule has 0 bridgehead atoms. The van der Waals surface area contributed by atoms with Crippen LogP contribution in [0.4, 0.5) is 4.39 Å². The number of methoxy groups -OCH3 is 1. The van der Waals surface area contributed by atoms with E-state index in [-0.39, 0.29) is 18.3 Å². The number of carbonyl (C=O) groups excluding carboxylic acids is 1. The summed E-state index contributed by atoms with van der Waals surface area (Å²) < 4.78 is 18.5. The van der Waals surface area contributed by atoms with E-state index in [1.165, 1.54) is 23.1 Å². The van der Waals surface area contributed by atoms with Gasteiger partial charge >= 0.3 is 0 Å². The highest BCUT2D eigenvalue weighted by Crippen LogP contribution is 2.23. The van der Waals surface area contributed by atoms with Crippen LogP contribution < -0.4 is 4.74 Å². The fraction of sp³-hybridized carbons (Fsp3) is 0.278. The van der Waals surface area contributed by atoms with Gasteiger partial charge in [-0.1, -0.05) is 12.1 Å². The predicted octanol–water partition coefficient (Wildman–Crippen LogP) is 2.95. The molecule has 2 aromatic carbocycles. The van der Waals surface area contributed by atoms with E-state index in [1.54, 1.807) is 45.3 Å². The number of benzene rings is 2. The topological polar surface area (TPSA) is 49.8 Å². The van der Waals surface area contributed by atoms with Crippen LogP contribution in [-0.4, -0.2) is 36.7 Å². The van der Waals surface area contributed by atoms with Crippen molar-refractivity contribution in [2.75, 3.05) is 20.8 Å². The third-order valence-corrected chi connectivity index (χ3v) is 3.87. The van der Waals surface area contributed by atoms with Crippen LogP contribution in [0.25, 0.3) is 0 Å². The van der Waals surface area contributed by atoms with Crippen LogP contribution in [0.1, 0.15) is 27.5 Å². The van der Waals surface area contributed by atoms with Crippen molar-refractivity contribution in [3.05, 3.63) is 65.0 Å². The smallest absolute Gasteiger partial charge is 0.254 e. The molecule has 122 valence electrons. The summed E-state index contributed by atoms with van der Waals surface area (Å²) in [5.74, 6) is 0.0783. The number of rotatable bonds is 5. The first-order valence-electron chi connectivity index (χ1n) is 7.26. The first-order valence-corrected chi connectivity index (χ1v) is 7.26. The minimum absolute atomic E-state index is 0.214. The third kappa shape index (κ3) is 3.68. The van der Waals surface area contributed by atoms with Gasteiger partial charge in [0.1, 0.15) is 11.6 Å². The van der Waals surface area contributed by atoms with Gasteiger partial charge < -0.3 is 14.7 Å². The van der Waals surface area contributed by atoms with Gasteiger partial charge in [-0.25, -0.2) is 4.39 Å². The molecular formula is C18H20FNO3. The Hall–Kier alpha value is -2.40. The Kier molecular flexibility index (Phi) is 5.34. The molecule has 0 aliphatic heterocycles. The van der Waals surface area contributed by atoms with Crippen LogP contribution in [0.15, 0.2) is 42.5 Å². The maximum Gasteiger partial charge on any atom is 0.254 e. The number of aryl methyl sites for hydroxylation is 1. The second kappa shape index (κ2) is 7.24. The van der Waals surface area contributed by atoms with Crippen molar-refractivity contribution in [1.82, 2.24) is 4.90 Å². The highest BCUT2D eigenvalue weighted by atomic mass is 19.1. The maximum absolute atomic E-state index is 13.3. The number of hydrogen-bond donors (Lipinski definition) is 1. The van der Waals surface area contributed by atoms with Gasteiger partial charge in [0.15, 0.2) is 0 Å². The van der Waals surface area contributed by atoms with Crippen molar-refractivity contribution in [3.63, 3.8) is 0 Å². The quantitative estimate of drug-likeness (QED) is 0.922. The normalized spacial score (nSPS) is 11.9. The summed E-state index contributed by atoms with van der Waals surface area (Å²) in [6.45, 7) is 1.40. The number of carbonyl (C=O) groups is 1. The van der Waals surface area contributed by atoms with Crippen LogP contribution in [0.5, 0.6) is 5.75 Å². The third-order valence-electron chi connectivity index (χ3n) is 3.87. The van der Waals surface area contributed by atoms with Crippen molar-refractivity contribution in [2.24, 2.45) is 0 Å². The second-order valence-electron chi connectivity index (χ2n) is 5.35. The highest BCUT2D eigenvalue weighted by molar-refractivity contribution is 5.94. The molecule has 1 atom stereocenters. The fourth-order valence-electron chi connectivity index (χ4n) is 2.40. The zero-order valence-electron chi connectivity index (χ0n) is 13.4. The maximum atomic E-state index is 13.3. The predicted molar refractivity (Wildman–Crippen MR) is 86.1 cm³/mol. The monoisotopic (exact) mass is 317 g/mol. The molecular weight excluding hydrogens is 297 g/mol. The van der Waals surface area contributed by atoms with Crippen molar-refractivity contribution < 1.29 is 19.0 Å². The van der Waals surface area contributed by atoms with E-state index in [4.69, 9.17) is 4.74 Å². The molecule has 23 heavy (non-hydrogen) atoms. The largest absolute Gasteiger partial charge is 0.497 e. The Morgan fingerprint density at radius 3 is 2.43 bits per heavy atom. The molecule has 1 N–H and O–H groups in total. The SMILES string of the molecule is COc1ccc(C(CO)N(C)C(=O)c2ccc(F)c(C)c2)cc1. The average molecular weight is 317 g/mol. The zero-order chi connectivity index (χ0) is 17.0. The second-order valence-corrected chi connectivity index (χ2v) is 5.35. The number of aliphatic hydroxyl groups is 1. The van der Waals surface area contributed by atoms with Gasteiger partial charge in [0, 0.05) is 12.6 Å². The van der Waals surface area contributed by atoms with Gasteiger partial charge in [0.05, 0.1) is 19.8 Å². The standard InChI is InChI=1S/C18H20FNO3/c1-12-10-14(6-9-16(12)19)18(22)20(2)17(11-21)13-4-7-15(23-3)8-5-13/h4-10,17,21H,11H2,1-3H3. The number of aliphatic hydroxyl groups excluding tert-OH is 1. The number of hydrogen-bond acceptors (Lipinski definition) is 3. The number of amides is 1. The van der Waals surface area contributed by atoms with Gasteiger partial charge in [0.25, 0.3) is 5.91 Å². The Morgan fingerprint density at radius 1 is 1.26 bits per heavy atom. The van der Waals surface area contributed by atoms with Crippen molar-refractivity contribution >= 4 is 5.91 Å². The molecule has 2 aromatic rings. The van der Waals surface area contributed by atoms with E-state index in [9.17, 15) is 14.3 Å². The molecule has 0 radical (unpaired) electrons. The van der Waals surface area contributed by atoms with E-state index in [0.29, 0.717) is 16.9 Å². The number of halogens is 1. The van der Waals surface area contributed by atoms with Gasteiger partial charge in [-0.15, -0.1) is 0 Å². The van der Waals surface area contributed by atoms with E-state index < -0.39 is 6.04 Å². The molecule has 4 nitrogen and oxygen atoms in total. The molecule has 5 heteroatoms. The lowest BCUT2D eigenvalue weighted by Crippen LogP contribution is -2.33. The fourth-order valence-corrected chi connectivity index (χ4v) is 2.40. The molecule has 0 heterocycles. The summed E-state index contributed by atoms with van der Waals surface area (Å²) >= 11 is 0. The zero-order valence-corrected chi connectivity index (χ0v) is 13.4. The van der Waals surface area contributed by atoms with Crippen molar-refractivity contribution in [1.29, 1.82) is 0 Å². The van der Waals surface area contributed by atoms with Crippen molar-refractivity contribution in [3.8, 4) is 5.75 Å². The van der Waals surface area contributed by atoms with Gasteiger partial charge in [0.2, 0.25) is 0 Å². The Bertz CT molecular complexity index is 685. The van der Waals surface area contributed by atoms with Crippen LogP contribution in [0.2, 0.25) is 0 Å². The molecule has 0 fully saturated rings. The van der Waals surface area contributed by atoms with Gasteiger partial charge in [-0.05, 0) is 48.4 Å². The lowest BCUT2D eigenvalue weighted by Gasteiger charge is -2.27. The first kappa shape index (κ1) is 17.0. The molecule has 1 unspecified atom stereocenters. The van der Waals surface area contributed by atoms with E-state index >= 15 is 0 Å². The minimum Gasteiger partial charge on any atom is -0.497 e. The molecule has 0 aromatic heterocycles. The van der Waals surface area contributed by atoms with Crippen molar-refractivity contribution in [2.45, 2.75) is 13.0 Å².